The van der Waals surface area contributed by atoms with E-state index in [1.807, 2.05) is 9.47 Å². The van der Waals surface area contributed by atoms with Gasteiger partial charge in [0.1, 0.15) is 5.69 Å². The van der Waals surface area contributed by atoms with E-state index in [9.17, 15) is 9.59 Å². The van der Waals surface area contributed by atoms with E-state index in [1.54, 1.807) is 0 Å². The zero-order chi connectivity index (χ0) is 17.2. The highest BCUT2D eigenvalue weighted by Crippen LogP contribution is 2.24. The Labute approximate surface area is 149 Å². The van der Waals surface area contributed by atoms with Gasteiger partial charge in [-0.25, -0.2) is 4.98 Å². The standard InChI is InChI=1S/C19H28N4O2/c24-18(20-14-8-2-3-9-14)17-21-16(15-10-4-7-13-23(15)17)19(25)22-11-5-1-6-12-22/h14H,1-13H2,(H,20,24). The second-order valence-corrected chi connectivity index (χ2v) is 7.65. The summed E-state index contributed by atoms with van der Waals surface area (Å²) >= 11 is 0. The largest absolute Gasteiger partial charge is 0.347 e. The van der Waals surface area contributed by atoms with Crippen molar-refractivity contribution < 1.29 is 9.59 Å². The van der Waals surface area contributed by atoms with Gasteiger partial charge in [0.2, 0.25) is 0 Å². The molecule has 2 aliphatic heterocycles. The van der Waals surface area contributed by atoms with Crippen LogP contribution in [-0.2, 0) is 13.0 Å². The van der Waals surface area contributed by atoms with Crippen LogP contribution in [0.4, 0.5) is 0 Å². The van der Waals surface area contributed by atoms with Gasteiger partial charge in [-0.1, -0.05) is 12.8 Å². The number of fused-ring (bicyclic) bond motifs is 1. The Kier molecular flexibility index (Phi) is 4.77. The SMILES string of the molecule is O=C(NC1CCCC1)c1nc(C(=O)N2CCCCC2)c2n1CCCC2. The Morgan fingerprint density at radius 1 is 0.920 bits per heavy atom. The Hall–Kier alpha value is -1.85. The Balaban J connectivity index is 1.60. The zero-order valence-corrected chi connectivity index (χ0v) is 14.9. The first kappa shape index (κ1) is 16.6. The maximum absolute atomic E-state index is 13.0. The molecule has 6 nitrogen and oxygen atoms in total. The van der Waals surface area contributed by atoms with Gasteiger partial charge in [0.15, 0.2) is 5.82 Å². The maximum atomic E-state index is 13.0. The molecular weight excluding hydrogens is 316 g/mol. The van der Waals surface area contributed by atoms with Crippen LogP contribution < -0.4 is 5.32 Å². The predicted molar refractivity (Wildman–Crippen MR) is 94.6 cm³/mol. The van der Waals surface area contributed by atoms with Gasteiger partial charge in [-0.3, -0.25) is 9.59 Å². The van der Waals surface area contributed by atoms with E-state index >= 15 is 0 Å². The molecule has 1 aliphatic carbocycles. The predicted octanol–water partition coefficient (Wildman–Crippen LogP) is 2.52. The summed E-state index contributed by atoms with van der Waals surface area (Å²) in [6.07, 6.45) is 10.8. The molecule has 1 aromatic rings. The van der Waals surface area contributed by atoms with Crippen molar-refractivity contribution in [3.63, 3.8) is 0 Å². The first-order valence-corrected chi connectivity index (χ1v) is 9.93. The molecule has 25 heavy (non-hydrogen) atoms. The maximum Gasteiger partial charge on any atom is 0.287 e. The lowest BCUT2D eigenvalue weighted by atomic mass is 10.1. The van der Waals surface area contributed by atoms with Crippen LogP contribution in [0.3, 0.4) is 0 Å². The molecule has 0 unspecified atom stereocenters. The average molecular weight is 344 g/mol. The molecule has 1 saturated carbocycles. The Morgan fingerprint density at radius 3 is 2.40 bits per heavy atom. The van der Waals surface area contributed by atoms with Crippen molar-refractivity contribution in [1.29, 1.82) is 0 Å². The van der Waals surface area contributed by atoms with Crippen molar-refractivity contribution in [2.45, 2.75) is 76.8 Å². The molecule has 1 saturated heterocycles. The van der Waals surface area contributed by atoms with E-state index in [0.29, 0.717) is 11.5 Å². The number of piperidine rings is 1. The lowest BCUT2D eigenvalue weighted by molar-refractivity contribution is 0.0717. The van der Waals surface area contributed by atoms with Crippen LogP contribution in [0.2, 0.25) is 0 Å². The summed E-state index contributed by atoms with van der Waals surface area (Å²) in [4.78, 5) is 32.2. The summed E-state index contributed by atoms with van der Waals surface area (Å²) < 4.78 is 2.00. The number of rotatable bonds is 3. The average Bonchev–Trinajstić information content (AvgIpc) is 3.29. The van der Waals surface area contributed by atoms with E-state index in [2.05, 4.69) is 10.3 Å². The van der Waals surface area contributed by atoms with Gasteiger partial charge >= 0.3 is 0 Å². The van der Waals surface area contributed by atoms with Crippen molar-refractivity contribution in [3.05, 3.63) is 17.2 Å². The molecule has 3 heterocycles. The minimum absolute atomic E-state index is 0.0188. The third-order valence-corrected chi connectivity index (χ3v) is 5.86. The number of likely N-dealkylation sites (tertiary alicyclic amines) is 1. The van der Waals surface area contributed by atoms with Crippen LogP contribution in [0.25, 0.3) is 0 Å². The number of carbonyl (C=O) groups is 2. The fourth-order valence-electron chi connectivity index (χ4n) is 4.45. The summed E-state index contributed by atoms with van der Waals surface area (Å²) in [7, 11) is 0. The van der Waals surface area contributed by atoms with Crippen molar-refractivity contribution >= 4 is 11.8 Å². The van der Waals surface area contributed by atoms with Crippen molar-refractivity contribution in [2.24, 2.45) is 0 Å². The molecule has 0 atom stereocenters. The molecule has 136 valence electrons. The van der Waals surface area contributed by atoms with Gasteiger partial charge in [0.25, 0.3) is 11.8 Å². The third kappa shape index (κ3) is 3.31. The quantitative estimate of drug-likeness (QED) is 0.916. The second kappa shape index (κ2) is 7.18. The molecule has 4 rings (SSSR count). The molecule has 3 aliphatic rings. The summed E-state index contributed by atoms with van der Waals surface area (Å²) in [5.41, 5.74) is 1.50. The number of amides is 2. The summed E-state index contributed by atoms with van der Waals surface area (Å²) in [5, 5.41) is 3.13. The first-order chi connectivity index (χ1) is 12.2. The lowest BCUT2D eigenvalue weighted by Gasteiger charge is -2.26. The highest BCUT2D eigenvalue weighted by molar-refractivity contribution is 5.97. The third-order valence-electron chi connectivity index (χ3n) is 5.86. The topological polar surface area (TPSA) is 67.2 Å². The number of nitrogens with zero attached hydrogens (tertiary/aromatic N) is 3. The second-order valence-electron chi connectivity index (χ2n) is 7.65. The smallest absolute Gasteiger partial charge is 0.287 e. The van der Waals surface area contributed by atoms with Gasteiger partial charge in [0.05, 0.1) is 5.69 Å². The highest BCUT2D eigenvalue weighted by Gasteiger charge is 2.31. The van der Waals surface area contributed by atoms with Gasteiger partial charge in [-0.05, 0) is 51.4 Å². The minimum Gasteiger partial charge on any atom is -0.347 e. The van der Waals surface area contributed by atoms with Crippen LogP contribution >= 0.6 is 0 Å². The van der Waals surface area contributed by atoms with Gasteiger partial charge in [-0.15, -0.1) is 0 Å². The van der Waals surface area contributed by atoms with Crippen LogP contribution in [0.5, 0.6) is 0 Å². The number of imidazole rings is 1. The number of hydrogen-bond acceptors (Lipinski definition) is 3. The number of aromatic nitrogens is 2. The lowest BCUT2D eigenvalue weighted by Crippen LogP contribution is -2.36. The first-order valence-electron chi connectivity index (χ1n) is 9.93. The Bertz CT molecular complexity index is 655. The van der Waals surface area contributed by atoms with Crippen molar-refractivity contribution in [1.82, 2.24) is 19.8 Å². The van der Waals surface area contributed by atoms with Crippen LogP contribution in [-0.4, -0.2) is 45.4 Å². The molecule has 2 fully saturated rings. The highest BCUT2D eigenvalue weighted by atomic mass is 16.2. The Morgan fingerprint density at radius 2 is 1.64 bits per heavy atom. The van der Waals surface area contributed by atoms with Crippen LogP contribution in [0.15, 0.2) is 0 Å². The van der Waals surface area contributed by atoms with Crippen molar-refractivity contribution in [3.8, 4) is 0 Å². The summed E-state index contributed by atoms with van der Waals surface area (Å²) in [6, 6.07) is 0.269. The molecule has 1 N–H and O–H groups in total. The van der Waals surface area contributed by atoms with E-state index in [0.717, 1.165) is 70.3 Å². The summed E-state index contributed by atoms with van der Waals surface area (Å²) in [5.74, 6) is 0.361. The molecule has 1 aromatic heterocycles. The number of hydrogen-bond donors (Lipinski definition) is 1. The summed E-state index contributed by atoms with van der Waals surface area (Å²) in [6.45, 7) is 2.42. The van der Waals surface area contributed by atoms with Crippen LogP contribution in [0.1, 0.15) is 84.6 Å². The van der Waals surface area contributed by atoms with E-state index in [4.69, 9.17) is 0 Å². The zero-order valence-electron chi connectivity index (χ0n) is 14.9. The normalized spacial score (nSPS) is 21.2. The monoisotopic (exact) mass is 344 g/mol. The molecule has 0 radical (unpaired) electrons. The van der Waals surface area contributed by atoms with Gasteiger partial charge < -0.3 is 14.8 Å². The minimum atomic E-state index is -0.104. The van der Waals surface area contributed by atoms with E-state index < -0.39 is 0 Å². The van der Waals surface area contributed by atoms with Crippen molar-refractivity contribution in [2.75, 3.05) is 13.1 Å². The van der Waals surface area contributed by atoms with E-state index in [1.165, 1.54) is 19.3 Å². The molecule has 0 aromatic carbocycles. The van der Waals surface area contributed by atoms with Crippen LogP contribution in [0, 0.1) is 0 Å². The van der Waals surface area contributed by atoms with Gasteiger partial charge in [-0.2, -0.15) is 0 Å². The number of carbonyl (C=O) groups excluding carboxylic acids is 2. The molecule has 6 heteroatoms. The van der Waals surface area contributed by atoms with E-state index in [-0.39, 0.29) is 17.9 Å². The fourth-order valence-corrected chi connectivity index (χ4v) is 4.45. The molecule has 0 bridgehead atoms. The molecular formula is C19H28N4O2. The van der Waals surface area contributed by atoms with Gasteiger partial charge in [0, 0.05) is 25.7 Å². The molecule has 2 amide bonds. The molecule has 0 spiro atoms. The fraction of sp³-hybridized carbons (Fsp3) is 0.737. The number of nitrogens with one attached hydrogen (secondary N) is 1.